The predicted molar refractivity (Wildman–Crippen MR) is 67.2 cm³/mol. The molecule has 0 spiro atoms. The van der Waals surface area contributed by atoms with Crippen molar-refractivity contribution in [2.45, 2.75) is 71.5 Å². The highest BCUT2D eigenvalue weighted by Gasteiger charge is 2.46. The van der Waals surface area contributed by atoms with Crippen molar-refractivity contribution in [1.29, 1.82) is 0 Å². The molecule has 0 aromatic carbocycles. The van der Waals surface area contributed by atoms with Crippen molar-refractivity contribution in [2.75, 3.05) is 0 Å². The Morgan fingerprint density at radius 3 is 1.94 bits per heavy atom. The molecule has 96 valence electrons. The second-order valence-corrected chi connectivity index (χ2v) is 6.54. The summed E-state index contributed by atoms with van der Waals surface area (Å²) in [4.78, 5) is 0. The zero-order valence-corrected chi connectivity index (χ0v) is 11.5. The van der Waals surface area contributed by atoms with Crippen LogP contribution in [0.4, 0.5) is 0 Å². The van der Waals surface area contributed by atoms with Crippen LogP contribution in [0.25, 0.3) is 0 Å². The Hall–Kier alpha value is -0.0800. The molecule has 1 aliphatic rings. The molecule has 1 saturated carbocycles. The predicted octanol–water partition coefficient (Wildman–Crippen LogP) is 2.97. The molecular weight excluding hydrogens is 200 g/mol. The summed E-state index contributed by atoms with van der Waals surface area (Å²) in [5.41, 5.74) is -1.37. The fourth-order valence-electron chi connectivity index (χ4n) is 3.61. The lowest BCUT2D eigenvalue weighted by molar-refractivity contribution is -0.120. The monoisotopic (exact) mass is 228 g/mol. The first-order valence-corrected chi connectivity index (χ1v) is 6.62. The molecular formula is C14H28O2. The van der Waals surface area contributed by atoms with Crippen LogP contribution in [0.3, 0.4) is 0 Å². The molecule has 1 rings (SSSR count). The highest BCUT2D eigenvalue weighted by atomic mass is 16.3. The van der Waals surface area contributed by atoms with Gasteiger partial charge in [-0.2, -0.15) is 0 Å². The average Bonchev–Trinajstić information content (AvgIpc) is 2.13. The molecule has 0 aliphatic heterocycles. The zero-order chi connectivity index (χ0) is 12.6. The van der Waals surface area contributed by atoms with Gasteiger partial charge in [-0.1, -0.05) is 26.2 Å². The van der Waals surface area contributed by atoms with E-state index in [4.69, 9.17) is 0 Å². The van der Waals surface area contributed by atoms with Crippen molar-refractivity contribution >= 4 is 0 Å². The van der Waals surface area contributed by atoms with Gasteiger partial charge in [0.15, 0.2) is 0 Å². The number of aliphatic hydroxyl groups is 2. The molecule has 1 aliphatic carbocycles. The van der Waals surface area contributed by atoms with Crippen LogP contribution in [0, 0.1) is 17.8 Å². The van der Waals surface area contributed by atoms with E-state index in [0.717, 1.165) is 12.8 Å². The van der Waals surface area contributed by atoms with Gasteiger partial charge >= 0.3 is 0 Å². The van der Waals surface area contributed by atoms with Crippen molar-refractivity contribution in [3.63, 3.8) is 0 Å². The van der Waals surface area contributed by atoms with Crippen molar-refractivity contribution in [3.05, 3.63) is 0 Å². The summed E-state index contributed by atoms with van der Waals surface area (Å²) in [5.74, 6) is 0.975. The SMILES string of the molecule is CCC1CCCC(C(C)(C)O)C1C(C)(C)O. The van der Waals surface area contributed by atoms with Gasteiger partial charge in [-0.15, -0.1) is 0 Å². The summed E-state index contributed by atoms with van der Waals surface area (Å²) < 4.78 is 0. The first-order valence-electron chi connectivity index (χ1n) is 6.62. The van der Waals surface area contributed by atoms with Crippen LogP contribution < -0.4 is 0 Å². The van der Waals surface area contributed by atoms with Gasteiger partial charge in [0.25, 0.3) is 0 Å². The maximum Gasteiger partial charge on any atom is 0.0626 e. The van der Waals surface area contributed by atoms with Gasteiger partial charge in [0.2, 0.25) is 0 Å². The summed E-state index contributed by atoms with van der Waals surface area (Å²) >= 11 is 0. The highest BCUT2D eigenvalue weighted by molar-refractivity contribution is 4.96. The van der Waals surface area contributed by atoms with Gasteiger partial charge in [-0.25, -0.2) is 0 Å². The maximum absolute atomic E-state index is 10.4. The minimum Gasteiger partial charge on any atom is -0.390 e. The summed E-state index contributed by atoms with van der Waals surface area (Å²) in [6.45, 7) is 9.74. The third-order valence-electron chi connectivity index (χ3n) is 4.28. The molecule has 2 heteroatoms. The third kappa shape index (κ3) is 2.98. The minimum atomic E-state index is -0.689. The summed E-state index contributed by atoms with van der Waals surface area (Å²) in [6, 6.07) is 0. The minimum absolute atomic E-state index is 0.214. The van der Waals surface area contributed by atoms with Crippen LogP contribution in [0.5, 0.6) is 0 Å². The molecule has 0 aromatic heterocycles. The van der Waals surface area contributed by atoms with Crippen molar-refractivity contribution < 1.29 is 10.2 Å². The first-order chi connectivity index (χ1) is 7.18. The molecule has 2 nitrogen and oxygen atoms in total. The Labute approximate surface area is 100 Å². The van der Waals surface area contributed by atoms with Gasteiger partial charge in [0.05, 0.1) is 11.2 Å². The number of hydrogen-bond acceptors (Lipinski definition) is 2. The lowest BCUT2D eigenvalue weighted by Crippen LogP contribution is -2.50. The van der Waals surface area contributed by atoms with Crippen LogP contribution in [0.1, 0.15) is 60.3 Å². The van der Waals surface area contributed by atoms with Crippen molar-refractivity contribution in [2.24, 2.45) is 17.8 Å². The maximum atomic E-state index is 10.4. The molecule has 0 aromatic rings. The van der Waals surface area contributed by atoms with E-state index in [0.29, 0.717) is 5.92 Å². The van der Waals surface area contributed by atoms with E-state index in [9.17, 15) is 10.2 Å². The molecule has 1 fully saturated rings. The Morgan fingerprint density at radius 1 is 1.00 bits per heavy atom. The number of hydrogen-bond donors (Lipinski definition) is 2. The largest absolute Gasteiger partial charge is 0.390 e. The van der Waals surface area contributed by atoms with Gasteiger partial charge in [-0.3, -0.25) is 0 Å². The van der Waals surface area contributed by atoms with Crippen LogP contribution >= 0.6 is 0 Å². The second-order valence-electron chi connectivity index (χ2n) is 6.54. The molecule has 0 saturated heterocycles. The molecule has 0 heterocycles. The molecule has 3 atom stereocenters. The van der Waals surface area contributed by atoms with Crippen LogP contribution in [-0.4, -0.2) is 21.4 Å². The third-order valence-corrected chi connectivity index (χ3v) is 4.28. The van der Waals surface area contributed by atoms with E-state index in [1.165, 1.54) is 12.8 Å². The van der Waals surface area contributed by atoms with E-state index < -0.39 is 11.2 Å². The molecule has 3 unspecified atom stereocenters. The molecule has 2 N–H and O–H groups in total. The van der Waals surface area contributed by atoms with Gasteiger partial charge in [-0.05, 0) is 51.9 Å². The van der Waals surface area contributed by atoms with Gasteiger partial charge in [0.1, 0.15) is 0 Å². The van der Waals surface area contributed by atoms with Crippen LogP contribution in [-0.2, 0) is 0 Å². The van der Waals surface area contributed by atoms with Gasteiger partial charge in [0, 0.05) is 0 Å². The zero-order valence-electron chi connectivity index (χ0n) is 11.5. The van der Waals surface area contributed by atoms with E-state index in [1.54, 1.807) is 0 Å². The van der Waals surface area contributed by atoms with E-state index >= 15 is 0 Å². The van der Waals surface area contributed by atoms with E-state index in [1.807, 2.05) is 27.7 Å². The molecule has 0 radical (unpaired) electrons. The van der Waals surface area contributed by atoms with Crippen molar-refractivity contribution in [3.8, 4) is 0 Å². The fraction of sp³-hybridized carbons (Fsp3) is 1.00. The van der Waals surface area contributed by atoms with E-state index in [2.05, 4.69) is 6.92 Å². The van der Waals surface area contributed by atoms with Crippen molar-refractivity contribution in [1.82, 2.24) is 0 Å². The van der Waals surface area contributed by atoms with Crippen LogP contribution in [0.2, 0.25) is 0 Å². The summed E-state index contributed by atoms with van der Waals surface area (Å²) in [5, 5.41) is 20.6. The van der Waals surface area contributed by atoms with Crippen LogP contribution in [0.15, 0.2) is 0 Å². The topological polar surface area (TPSA) is 40.5 Å². The summed E-state index contributed by atoms with van der Waals surface area (Å²) in [7, 11) is 0. The Bertz CT molecular complexity index is 222. The lowest BCUT2D eigenvalue weighted by atomic mass is 9.60. The Morgan fingerprint density at radius 2 is 1.56 bits per heavy atom. The fourth-order valence-corrected chi connectivity index (χ4v) is 3.61. The normalized spacial score (nSPS) is 32.8. The molecule has 16 heavy (non-hydrogen) atoms. The standard InChI is InChI=1S/C14H28O2/c1-6-10-8-7-9-11(13(2,3)15)12(10)14(4,5)16/h10-12,15-16H,6-9H2,1-5H3. The molecule has 0 amide bonds. The first kappa shape index (κ1) is 14.0. The lowest BCUT2D eigenvalue weighted by Gasteiger charge is -2.48. The van der Waals surface area contributed by atoms with Gasteiger partial charge < -0.3 is 10.2 Å². The Balaban J connectivity index is 2.97. The van der Waals surface area contributed by atoms with E-state index in [-0.39, 0.29) is 11.8 Å². The summed E-state index contributed by atoms with van der Waals surface area (Å²) in [6.07, 6.45) is 4.51. The quantitative estimate of drug-likeness (QED) is 0.779. The molecule has 0 bridgehead atoms. The highest BCUT2D eigenvalue weighted by Crippen LogP contribution is 2.46. The smallest absolute Gasteiger partial charge is 0.0626 e. The Kier molecular flexibility index (Phi) is 4.07. The average molecular weight is 228 g/mol. The second kappa shape index (κ2) is 4.66. The number of rotatable bonds is 3.